The molecule has 0 unspecified atom stereocenters. The highest BCUT2D eigenvalue weighted by atomic mass is 19.1. The third-order valence-corrected chi connectivity index (χ3v) is 6.25. The molecule has 0 aliphatic rings. The van der Waals surface area contributed by atoms with Gasteiger partial charge in [0.05, 0.1) is 13.5 Å². The van der Waals surface area contributed by atoms with Crippen LogP contribution in [0.15, 0.2) is 60.7 Å². The van der Waals surface area contributed by atoms with Crippen molar-refractivity contribution in [2.45, 2.75) is 59.0 Å². The molecule has 0 radical (unpaired) electrons. The summed E-state index contributed by atoms with van der Waals surface area (Å²) in [5.41, 5.74) is 4.06. The van der Waals surface area contributed by atoms with Crippen molar-refractivity contribution in [3.63, 3.8) is 0 Å². The van der Waals surface area contributed by atoms with Gasteiger partial charge in [0.25, 0.3) is 0 Å². The largest absolute Gasteiger partial charge is 0.497 e. The number of hydrogen-bond donors (Lipinski definition) is 1. The van der Waals surface area contributed by atoms with E-state index >= 15 is 0 Å². The third-order valence-electron chi connectivity index (χ3n) is 6.25. The molecule has 3 rings (SSSR count). The Balaban J connectivity index is 1.88. The molecular formula is C30H35FO4. The van der Waals surface area contributed by atoms with Crippen molar-refractivity contribution in [3.8, 4) is 22.6 Å². The van der Waals surface area contributed by atoms with E-state index in [0.717, 1.165) is 22.3 Å². The Morgan fingerprint density at radius 2 is 1.71 bits per heavy atom. The van der Waals surface area contributed by atoms with Gasteiger partial charge in [-0.15, -0.1) is 0 Å². The summed E-state index contributed by atoms with van der Waals surface area (Å²) in [7, 11) is 1.57. The topological polar surface area (TPSA) is 55.8 Å². The van der Waals surface area contributed by atoms with E-state index in [1.165, 1.54) is 6.07 Å². The Labute approximate surface area is 207 Å². The molecule has 0 bridgehead atoms. The lowest BCUT2D eigenvalue weighted by Crippen LogP contribution is -2.14. The Morgan fingerprint density at radius 3 is 2.34 bits per heavy atom. The average Bonchev–Trinajstić information content (AvgIpc) is 2.81. The fourth-order valence-corrected chi connectivity index (χ4v) is 4.30. The zero-order valence-corrected chi connectivity index (χ0v) is 21.4. The number of aliphatic carboxylic acids is 1. The molecule has 1 N–H and O–H groups in total. The third kappa shape index (κ3) is 6.62. The first kappa shape index (κ1) is 26.3. The first-order chi connectivity index (χ1) is 16.5. The fourth-order valence-electron chi connectivity index (χ4n) is 4.30. The van der Waals surface area contributed by atoms with Crippen LogP contribution in [0.25, 0.3) is 11.1 Å². The maximum atomic E-state index is 14.8. The molecule has 0 aromatic heterocycles. The summed E-state index contributed by atoms with van der Waals surface area (Å²) in [5.74, 6) is 0.311. The van der Waals surface area contributed by atoms with Crippen LogP contribution in [0.1, 0.15) is 63.6 Å². The molecule has 186 valence electrons. The zero-order valence-electron chi connectivity index (χ0n) is 21.4. The highest BCUT2D eigenvalue weighted by molar-refractivity contribution is 5.71. The van der Waals surface area contributed by atoms with Crippen LogP contribution in [-0.4, -0.2) is 18.2 Å². The van der Waals surface area contributed by atoms with Crippen LogP contribution in [-0.2, 0) is 16.8 Å². The summed E-state index contributed by atoms with van der Waals surface area (Å²) >= 11 is 0. The number of carboxylic acids is 1. The highest BCUT2D eigenvalue weighted by Gasteiger charge is 2.22. The molecule has 0 amide bonds. The van der Waals surface area contributed by atoms with Gasteiger partial charge in [0, 0.05) is 5.56 Å². The van der Waals surface area contributed by atoms with Gasteiger partial charge in [0.1, 0.15) is 23.9 Å². The number of carbonyl (C=O) groups is 1. The van der Waals surface area contributed by atoms with Gasteiger partial charge in [-0.25, -0.2) is 4.39 Å². The highest BCUT2D eigenvalue weighted by Crippen LogP contribution is 2.37. The first-order valence-electron chi connectivity index (χ1n) is 11.9. The van der Waals surface area contributed by atoms with Crippen molar-refractivity contribution < 1.29 is 23.8 Å². The van der Waals surface area contributed by atoms with Gasteiger partial charge < -0.3 is 14.6 Å². The van der Waals surface area contributed by atoms with Gasteiger partial charge in [-0.3, -0.25) is 4.79 Å². The lowest BCUT2D eigenvalue weighted by Gasteiger charge is -2.25. The molecule has 0 fully saturated rings. The SMILES string of the molecule is COc1ccc(F)c(-c2ccc(COc3cccc([C@@H](CC(=O)O)C(C)C)c3)cc2C(C)(C)C)c1. The van der Waals surface area contributed by atoms with Gasteiger partial charge in [0.15, 0.2) is 0 Å². The predicted molar refractivity (Wildman–Crippen MR) is 138 cm³/mol. The molecule has 3 aromatic carbocycles. The Morgan fingerprint density at radius 1 is 0.971 bits per heavy atom. The number of benzene rings is 3. The monoisotopic (exact) mass is 478 g/mol. The first-order valence-corrected chi connectivity index (χ1v) is 11.9. The fraction of sp³-hybridized carbons (Fsp3) is 0.367. The molecule has 0 saturated carbocycles. The Hall–Kier alpha value is -3.34. The minimum Gasteiger partial charge on any atom is -0.497 e. The minimum absolute atomic E-state index is 0.0817. The number of halogens is 1. The van der Waals surface area contributed by atoms with Gasteiger partial charge >= 0.3 is 5.97 Å². The van der Waals surface area contributed by atoms with E-state index in [-0.39, 0.29) is 29.5 Å². The van der Waals surface area contributed by atoms with Gasteiger partial charge in [0.2, 0.25) is 0 Å². The second-order valence-corrected chi connectivity index (χ2v) is 10.3. The van der Waals surface area contributed by atoms with E-state index in [4.69, 9.17) is 9.47 Å². The molecule has 0 saturated heterocycles. The maximum absolute atomic E-state index is 14.8. The van der Waals surface area contributed by atoms with E-state index in [1.54, 1.807) is 19.2 Å². The summed E-state index contributed by atoms with van der Waals surface area (Å²) in [5, 5.41) is 9.30. The molecule has 0 heterocycles. The van der Waals surface area contributed by atoms with Crippen LogP contribution in [0.4, 0.5) is 4.39 Å². The van der Waals surface area contributed by atoms with Crippen LogP contribution in [0.3, 0.4) is 0 Å². The lowest BCUT2D eigenvalue weighted by molar-refractivity contribution is -0.137. The van der Waals surface area contributed by atoms with Crippen LogP contribution < -0.4 is 9.47 Å². The van der Waals surface area contributed by atoms with Crippen molar-refractivity contribution in [1.82, 2.24) is 0 Å². The summed E-state index contributed by atoms with van der Waals surface area (Å²) in [4.78, 5) is 11.3. The molecule has 0 aliphatic heterocycles. The molecule has 5 heteroatoms. The van der Waals surface area contributed by atoms with Gasteiger partial charge in [-0.2, -0.15) is 0 Å². The van der Waals surface area contributed by atoms with Gasteiger partial charge in [-0.05, 0) is 69.8 Å². The number of carboxylic acid groups (broad SMARTS) is 1. The van der Waals surface area contributed by atoms with Crippen molar-refractivity contribution >= 4 is 5.97 Å². The predicted octanol–water partition coefficient (Wildman–Crippen LogP) is 7.59. The van der Waals surface area contributed by atoms with Gasteiger partial charge in [-0.1, -0.05) is 65.0 Å². The molecule has 0 spiro atoms. The van der Waals surface area contributed by atoms with E-state index in [1.807, 2.05) is 50.2 Å². The van der Waals surface area contributed by atoms with Crippen LogP contribution >= 0.6 is 0 Å². The van der Waals surface area contributed by atoms with Crippen LogP contribution in [0, 0.1) is 11.7 Å². The zero-order chi connectivity index (χ0) is 25.8. The summed E-state index contributed by atoms with van der Waals surface area (Å²) in [6.07, 6.45) is 0.0817. The Kier molecular flexibility index (Phi) is 8.21. The average molecular weight is 479 g/mol. The van der Waals surface area contributed by atoms with E-state index in [0.29, 0.717) is 23.7 Å². The smallest absolute Gasteiger partial charge is 0.303 e. The number of rotatable bonds is 9. The maximum Gasteiger partial charge on any atom is 0.303 e. The van der Waals surface area contributed by atoms with Crippen LogP contribution in [0.2, 0.25) is 0 Å². The molecule has 0 aliphatic carbocycles. The number of ether oxygens (including phenoxy) is 2. The van der Waals surface area contributed by atoms with E-state index in [9.17, 15) is 14.3 Å². The molecule has 1 atom stereocenters. The molecule has 4 nitrogen and oxygen atoms in total. The molecular weight excluding hydrogens is 443 g/mol. The Bertz CT molecular complexity index is 1180. The van der Waals surface area contributed by atoms with Crippen molar-refractivity contribution in [2.24, 2.45) is 5.92 Å². The second kappa shape index (κ2) is 10.9. The van der Waals surface area contributed by atoms with Crippen LogP contribution in [0.5, 0.6) is 11.5 Å². The van der Waals surface area contributed by atoms with E-state index in [2.05, 4.69) is 26.8 Å². The van der Waals surface area contributed by atoms with Crippen molar-refractivity contribution in [2.75, 3.05) is 7.11 Å². The van der Waals surface area contributed by atoms with E-state index < -0.39 is 5.97 Å². The summed E-state index contributed by atoms with van der Waals surface area (Å²) < 4.78 is 26.2. The lowest BCUT2D eigenvalue weighted by atomic mass is 9.81. The molecule has 35 heavy (non-hydrogen) atoms. The number of hydrogen-bond acceptors (Lipinski definition) is 3. The normalized spacial score (nSPS) is 12.5. The summed E-state index contributed by atoms with van der Waals surface area (Å²) in [6.45, 7) is 10.7. The standard InChI is InChI=1S/C30H35FO4/c1-19(2)25(17-29(32)33)21-8-7-9-23(15-21)35-18-20-10-12-24(27(14-20)30(3,4)5)26-16-22(34-6)11-13-28(26)31/h7-16,19,25H,17-18H2,1-6H3,(H,32,33)/t25-/m0/s1. The van der Waals surface area contributed by atoms with Crippen molar-refractivity contribution in [3.05, 3.63) is 83.2 Å². The second-order valence-electron chi connectivity index (χ2n) is 10.3. The minimum atomic E-state index is -0.808. The summed E-state index contributed by atoms with van der Waals surface area (Å²) in [6, 6.07) is 18.4. The quantitative estimate of drug-likeness (QED) is 0.344. The number of methoxy groups -OCH3 is 1. The molecule has 3 aromatic rings. The van der Waals surface area contributed by atoms with Crippen molar-refractivity contribution in [1.29, 1.82) is 0 Å².